The summed E-state index contributed by atoms with van der Waals surface area (Å²) < 4.78 is 0. The van der Waals surface area contributed by atoms with Gasteiger partial charge in [0.15, 0.2) is 5.82 Å². The van der Waals surface area contributed by atoms with Crippen LogP contribution in [0, 0.1) is 0 Å². The van der Waals surface area contributed by atoms with Gasteiger partial charge in [0.2, 0.25) is 0 Å². The van der Waals surface area contributed by atoms with E-state index in [0.717, 1.165) is 6.54 Å². The Balaban J connectivity index is 1.75. The van der Waals surface area contributed by atoms with Gasteiger partial charge in [0, 0.05) is 26.2 Å². The molecule has 1 aromatic rings. The van der Waals surface area contributed by atoms with E-state index in [4.69, 9.17) is 0 Å². The van der Waals surface area contributed by atoms with Crippen molar-refractivity contribution < 1.29 is 9.59 Å². The molecule has 3 rings (SSSR count). The molecular formula is C10H15N7O2. The van der Waals surface area contributed by atoms with Crippen molar-refractivity contribution in [1.82, 2.24) is 35.3 Å². The van der Waals surface area contributed by atoms with Crippen molar-refractivity contribution in [3.63, 3.8) is 0 Å². The van der Waals surface area contributed by atoms with Crippen LogP contribution in [0.1, 0.15) is 5.82 Å². The molecule has 102 valence electrons. The van der Waals surface area contributed by atoms with Gasteiger partial charge in [-0.3, -0.25) is 9.59 Å². The monoisotopic (exact) mass is 265 g/mol. The Morgan fingerprint density at radius 1 is 1.37 bits per heavy atom. The molecule has 2 aliphatic rings. The van der Waals surface area contributed by atoms with Crippen molar-refractivity contribution in [3.05, 3.63) is 5.82 Å². The minimum Gasteiger partial charge on any atom is -0.327 e. The number of nitrogens with one attached hydrogen (secondary N) is 1. The highest BCUT2D eigenvalue weighted by Crippen LogP contribution is 2.15. The molecule has 0 bridgehead atoms. The molecule has 3 heterocycles. The summed E-state index contributed by atoms with van der Waals surface area (Å²) in [6.07, 6.45) is 0. The number of piperazine rings is 2. The Labute approximate surface area is 109 Å². The molecular weight excluding hydrogens is 250 g/mol. The summed E-state index contributed by atoms with van der Waals surface area (Å²) in [6, 6.07) is 0.0376. The van der Waals surface area contributed by atoms with Gasteiger partial charge in [0.1, 0.15) is 0 Å². The number of fused-ring (bicyclic) bond motifs is 1. The summed E-state index contributed by atoms with van der Waals surface area (Å²) in [7, 11) is 1.66. The van der Waals surface area contributed by atoms with Crippen LogP contribution < -0.4 is 5.32 Å². The molecule has 0 saturated carbocycles. The molecule has 1 atom stereocenters. The molecule has 9 nitrogen and oxygen atoms in total. The van der Waals surface area contributed by atoms with Crippen LogP contribution in [0.2, 0.25) is 0 Å². The Morgan fingerprint density at radius 3 is 2.95 bits per heavy atom. The number of carbonyl (C=O) groups is 2. The fourth-order valence-corrected chi connectivity index (χ4v) is 2.48. The topological polar surface area (TPSA) is 96.3 Å². The second kappa shape index (κ2) is 4.57. The number of aromatic nitrogens is 4. The number of tetrazole rings is 1. The van der Waals surface area contributed by atoms with Gasteiger partial charge < -0.3 is 15.1 Å². The molecule has 1 N–H and O–H groups in total. The van der Waals surface area contributed by atoms with Crippen LogP contribution in [0.3, 0.4) is 0 Å². The summed E-state index contributed by atoms with van der Waals surface area (Å²) in [4.78, 5) is 28.5. The van der Waals surface area contributed by atoms with Crippen LogP contribution in [0.4, 0.5) is 0 Å². The minimum absolute atomic E-state index is 0.0376. The maximum atomic E-state index is 12.0. The molecule has 0 radical (unpaired) electrons. The fraction of sp³-hybridized carbons (Fsp3) is 0.700. The Kier molecular flexibility index (Phi) is 2.90. The van der Waals surface area contributed by atoms with Crippen LogP contribution in [0.15, 0.2) is 0 Å². The van der Waals surface area contributed by atoms with Gasteiger partial charge in [-0.1, -0.05) is 0 Å². The number of rotatable bonds is 2. The summed E-state index contributed by atoms with van der Waals surface area (Å²) in [5, 5.41) is 14.8. The molecule has 19 heavy (non-hydrogen) atoms. The third-order valence-electron chi connectivity index (χ3n) is 3.39. The molecule has 2 saturated heterocycles. The smallest absolute Gasteiger partial charge is 0.312 e. The number of aryl methyl sites for hydroxylation is 1. The Bertz CT molecular complexity index is 514. The van der Waals surface area contributed by atoms with Gasteiger partial charge in [-0.15, -0.1) is 10.2 Å². The van der Waals surface area contributed by atoms with Crippen molar-refractivity contribution in [2.24, 2.45) is 7.05 Å². The maximum absolute atomic E-state index is 12.0. The summed E-state index contributed by atoms with van der Waals surface area (Å²) in [5.41, 5.74) is 0. The van der Waals surface area contributed by atoms with Crippen LogP contribution in [-0.4, -0.2) is 74.0 Å². The molecule has 0 spiro atoms. The lowest BCUT2D eigenvalue weighted by Crippen LogP contribution is -2.65. The number of carbonyl (C=O) groups excluding carboxylic acids is 2. The first-order chi connectivity index (χ1) is 9.15. The van der Waals surface area contributed by atoms with Gasteiger partial charge in [0.05, 0.1) is 19.6 Å². The molecule has 0 aliphatic carbocycles. The predicted molar refractivity (Wildman–Crippen MR) is 62.6 cm³/mol. The molecule has 2 aliphatic heterocycles. The van der Waals surface area contributed by atoms with Gasteiger partial charge in [-0.25, -0.2) is 0 Å². The second-order valence-electron chi connectivity index (χ2n) is 4.74. The zero-order valence-electron chi connectivity index (χ0n) is 10.6. The van der Waals surface area contributed by atoms with Crippen molar-refractivity contribution in [2.45, 2.75) is 12.6 Å². The van der Waals surface area contributed by atoms with Crippen molar-refractivity contribution >= 4 is 11.8 Å². The third kappa shape index (κ3) is 2.16. The van der Waals surface area contributed by atoms with Crippen molar-refractivity contribution in [1.29, 1.82) is 0 Å². The molecule has 2 fully saturated rings. The number of hydrogen-bond acceptors (Lipinski definition) is 6. The first-order valence-electron chi connectivity index (χ1n) is 6.18. The third-order valence-corrected chi connectivity index (χ3v) is 3.39. The van der Waals surface area contributed by atoms with Gasteiger partial charge in [0.25, 0.3) is 0 Å². The van der Waals surface area contributed by atoms with Crippen LogP contribution in [0.5, 0.6) is 0 Å². The lowest BCUT2D eigenvalue weighted by Gasteiger charge is -2.42. The van der Waals surface area contributed by atoms with E-state index in [0.29, 0.717) is 25.5 Å². The first kappa shape index (κ1) is 12.0. The largest absolute Gasteiger partial charge is 0.327 e. The zero-order valence-corrected chi connectivity index (χ0v) is 10.6. The van der Waals surface area contributed by atoms with Gasteiger partial charge in [-0.2, -0.15) is 4.80 Å². The van der Waals surface area contributed by atoms with Gasteiger partial charge in [-0.05, 0) is 5.21 Å². The van der Waals surface area contributed by atoms with Gasteiger partial charge >= 0.3 is 11.8 Å². The van der Waals surface area contributed by atoms with Crippen LogP contribution in [0.25, 0.3) is 0 Å². The number of nitrogens with zero attached hydrogens (tertiary/aromatic N) is 6. The standard InChI is InChI=1S/C10H15N7O2/c1-15-13-8(12-14-15)6-16-5-7-4-11-2-3-17(7)10(19)9(16)18/h7,11H,2-6H2,1H3. The highest BCUT2D eigenvalue weighted by Gasteiger charge is 2.40. The molecule has 1 aromatic heterocycles. The van der Waals surface area contributed by atoms with E-state index in [1.165, 1.54) is 9.70 Å². The van der Waals surface area contributed by atoms with E-state index in [1.807, 2.05) is 0 Å². The van der Waals surface area contributed by atoms with E-state index >= 15 is 0 Å². The normalized spacial score (nSPS) is 23.7. The lowest BCUT2D eigenvalue weighted by molar-refractivity contribution is -0.160. The average Bonchev–Trinajstić information content (AvgIpc) is 2.81. The van der Waals surface area contributed by atoms with E-state index in [-0.39, 0.29) is 12.6 Å². The average molecular weight is 265 g/mol. The SMILES string of the molecule is Cn1nnc(CN2CC3CNCCN3C(=O)C2=O)n1. The molecule has 9 heteroatoms. The van der Waals surface area contributed by atoms with Crippen LogP contribution in [-0.2, 0) is 23.2 Å². The highest BCUT2D eigenvalue weighted by molar-refractivity contribution is 6.35. The number of hydrogen-bond donors (Lipinski definition) is 1. The first-order valence-corrected chi connectivity index (χ1v) is 6.18. The summed E-state index contributed by atoms with van der Waals surface area (Å²) >= 11 is 0. The van der Waals surface area contributed by atoms with Crippen molar-refractivity contribution in [2.75, 3.05) is 26.2 Å². The second-order valence-corrected chi connectivity index (χ2v) is 4.74. The Hall–Kier alpha value is -2.03. The quantitative estimate of drug-likeness (QED) is 0.587. The van der Waals surface area contributed by atoms with Crippen molar-refractivity contribution in [3.8, 4) is 0 Å². The van der Waals surface area contributed by atoms with E-state index < -0.39 is 11.8 Å². The highest BCUT2D eigenvalue weighted by atomic mass is 16.2. The summed E-state index contributed by atoms with van der Waals surface area (Å²) in [5.74, 6) is -0.465. The van der Waals surface area contributed by atoms with Crippen LogP contribution >= 0.6 is 0 Å². The fourth-order valence-electron chi connectivity index (χ4n) is 2.48. The summed E-state index contributed by atoms with van der Waals surface area (Å²) in [6.45, 7) is 2.77. The maximum Gasteiger partial charge on any atom is 0.312 e. The minimum atomic E-state index is -0.481. The predicted octanol–water partition coefficient (Wildman–Crippen LogP) is -2.65. The zero-order chi connectivity index (χ0) is 13.4. The van der Waals surface area contributed by atoms with E-state index in [2.05, 4.69) is 20.7 Å². The van der Waals surface area contributed by atoms with E-state index in [9.17, 15) is 9.59 Å². The molecule has 1 unspecified atom stereocenters. The molecule has 2 amide bonds. The van der Waals surface area contributed by atoms with E-state index in [1.54, 1.807) is 11.9 Å². The Morgan fingerprint density at radius 2 is 2.21 bits per heavy atom. The number of amides is 2. The molecule has 0 aromatic carbocycles. The lowest BCUT2D eigenvalue weighted by atomic mass is 10.1.